The molecule has 1 heterocycles. The van der Waals surface area contributed by atoms with Crippen LogP contribution in [0.3, 0.4) is 0 Å². The zero-order valence-corrected chi connectivity index (χ0v) is 23.6. The number of hydrazine groups is 1. The third-order valence-electron chi connectivity index (χ3n) is 6.59. The van der Waals surface area contributed by atoms with Gasteiger partial charge in [0.1, 0.15) is 11.9 Å². The number of hydrogen-bond donors (Lipinski definition) is 3. The fourth-order valence-electron chi connectivity index (χ4n) is 4.23. The molecule has 1 aliphatic rings. The van der Waals surface area contributed by atoms with Crippen LogP contribution in [-0.2, 0) is 25.9 Å². The Morgan fingerprint density at radius 1 is 1.07 bits per heavy atom. The molecule has 1 aliphatic heterocycles. The molecule has 0 spiro atoms. The fourth-order valence-corrected chi connectivity index (χ4v) is 5.74. The first-order chi connectivity index (χ1) is 19.2. The Kier molecular flexibility index (Phi) is 9.80. The highest BCUT2D eigenvalue weighted by Gasteiger charge is 2.50. The van der Waals surface area contributed by atoms with Crippen molar-refractivity contribution in [2.45, 2.75) is 42.8 Å². The van der Waals surface area contributed by atoms with Crippen LogP contribution in [0.4, 0.5) is 0 Å². The van der Waals surface area contributed by atoms with E-state index in [9.17, 15) is 13.2 Å². The second-order valence-corrected chi connectivity index (χ2v) is 11.9. The Morgan fingerprint density at radius 2 is 1.77 bits per heavy atom. The number of amides is 1. The largest absolute Gasteiger partial charge is 0.494 e. The summed E-state index contributed by atoms with van der Waals surface area (Å²) in [6.07, 6.45) is -0.317. The van der Waals surface area contributed by atoms with E-state index in [-0.39, 0.29) is 29.6 Å². The number of rotatable bonds is 13. The molecular formula is C29H32ClN3O6S. The van der Waals surface area contributed by atoms with Crippen molar-refractivity contribution in [2.24, 2.45) is 4.99 Å². The normalized spacial score (nSPS) is 18.6. The predicted molar refractivity (Wildman–Crippen MR) is 153 cm³/mol. The lowest BCUT2D eigenvalue weighted by molar-refractivity contribution is -0.129. The van der Waals surface area contributed by atoms with Gasteiger partial charge >= 0.3 is 0 Å². The molecule has 0 fully saturated rings. The SMILES string of the molecule is C[C@@H]1OC(c2ccc(OCCCO)cc2)=N[C@]1(CCS(=O)(=O)c1ccccc1)C(=O)NNCc1ccc(Cl)cc1. The topological polar surface area (TPSA) is 126 Å². The first-order valence-corrected chi connectivity index (χ1v) is 14.9. The quantitative estimate of drug-likeness (QED) is 0.206. The molecule has 40 heavy (non-hydrogen) atoms. The fraction of sp³-hybridized carbons (Fsp3) is 0.310. The first-order valence-electron chi connectivity index (χ1n) is 12.9. The van der Waals surface area contributed by atoms with Gasteiger partial charge in [-0.1, -0.05) is 41.9 Å². The molecule has 9 nitrogen and oxygen atoms in total. The Bertz CT molecular complexity index is 1420. The van der Waals surface area contributed by atoms with E-state index in [2.05, 4.69) is 10.9 Å². The summed E-state index contributed by atoms with van der Waals surface area (Å²) in [5.41, 5.74) is 5.62. The zero-order valence-electron chi connectivity index (χ0n) is 22.0. The number of nitrogens with one attached hydrogen (secondary N) is 2. The standard InChI is InChI=1S/C29H32ClN3O6S/c1-21-29(16-19-40(36,37)26-6-3-2-4-7-26,28(35)33-31-20-22-8-12-24(30)13-9-22)32-27(39-21)23-10-14-25(15-11-23)38-18-5-17-34/h2-4,6-15,21,31,34H,5,16-20H2,1H3,(H,33,35)/t21-,29-/m0/s1. The van der Waals surface area contributed by atoms with Crippen LogP contribution in [-0.4, -0.2) is 55.9 Å². The number of hydrogen-bond acceptors (Lipinski definition) is 8. The van der Waals surface area contributed by atoms with Gasteiger partial charge in [0.25, 0.3) is 5.91 Å². The Balaban J connectivity index is 1.55. The molecule has 3 aromatic rings. The number of aliphatic hydroxyl groups excluding tert-OH is 1. The maximum absolute atomic E-state index is 13.6. The highest BCUT2D eigenvalue weighted by atomic mass is 35.5. The molecule has 4 rings (SSSR count). The summed E-state index contributed by atoms with van der Waals surface area (Å²) in [6.45, 7) is 2.45. The molecular weight excluding hydrogens is 554 g/mol. The molecule has 0 saturated carbocycles. The van der Waals surface area contributed by atoms with Crippen LogP contribution in [0, 0.1) is 0 Å². The molecule has 0 bridgehead atoms. The molecule has 212 valence electrons. The van der Waals surface area contributed by atoms with Crippen LogP contribution < -0.4 is 15.6 Å². The van der Waals surface area contributed by atoms with E-state index in [0.717, 1.165) is 5.56 Å². The first kappa shape index (κ1) is 29.5. The minimum Gasteiger partial charge on any atom is -0.494 e. The van der Waals surface area contributed by atoms with E-state index in [1.165, 1.54) is 12.1 Å². The molecule has 0 aliphatic carbocycles. The second-order valence-electron chi connectivity index (χ2n) is 9.37. The maximum Gasteiger partial charge on any atom is 0.266 e. The molecule has 1 amide bonds. The van der Waals surface area contributed by atoms with E-state index < -0.39 is 27.4 Å². The molecule has 3 aromatic carbocycles. The van der Waals surface area contributed by atoms with Gasteiger partial charge in [-0.2, -0.15) is 0 Å². The van der Waals surface area contributed by atoms with E-state index in [1.54, 1.807) is 61.5 Å². The van der Waals surface area contributed by atoms with Crippen LogP contribution >= 0.6 is 11.6 Å². The number of aliphatic imine (C=N–C) groups is 1. The van der Waals surface area contributed by atoms with Crippen molar-refractivity contribution in [3.8, 4) is 5.75 Å². The lowest BCUT2D eigenvalue weighted by Gasteiger charge is -2.28. The van der Waals surface area contributed by atoms with Crippen molar-refractivity contribution in [3.05, 3.63) is 95.0 Å². The lowest BCUT2D eigenvalue weighted by Crippen LogP contribution is -2.55. The molecule has 0 aromatic heterocycles. The van der Waals surface area contributed by atoms with Gasteiger partial charge in [0.2, 0.25) is 5.90 Å². The predicted octanol–water partition coefficient (Wildman–Crippen LogP) is 3.69. The highest BCUT2D eigenvalue weighted by molar-refractivity contribution is 7.91. The number of nitrogens with zero attached hydrogens (tertiary/aromatic N) is 1. The minimum absolute atomic E-state index is 0.0410. The van der Waals surface area contributed by atoms with Gasteiger partial charge in [-0.05, 0) is 67.4 Å². The third kappa shape index (κ3) is 7.19. The summed E-state index contributed by atoms with van der Waals surface area (Å²) in [7, 11) is -3.68. The molecule has 0 radical (unpaired) electrons. The molecule has 3 N–H and O–H groups in total. The van der Waals surface area contributed by atoms with Crippen molar-refractivity contribution in [1.29, 1.82) is 0 Å². The van der Waals surface area contributed by atoms with Gasteiger partial charge in [-0.15, -0.1) is 0 Å². The van der Waals surface area contributed by atoms with Crippen LogP contribution in [0.15, 0.2) is 88.8 Å². The number of ether oxygens (including phenoxy) is 2. The number of aliphatic hydroxyl groups is 1. The van der Waals surface area contributed by atoms with Gasteiger partial charge in [-0.25, -0.2) is 18.8 Å². The Morgan fingerprint density at radius 3 is 2.45 bits per heavy atom. The van der Waals surface area contributed by atoms with Crippen molar-refractivity contribution in [3.63, 3.8) is 0 Å². The van der Waals surface area contributed by atoms with Crippen molar-refractivity contribution < 1.29 is 27.8 Å². The number of halogens is 1. The molecule has 0 unspecified atom stereocenters. The Labute approximate surface area is 239 Å². The average molecular weight is 586 g/mol. The van der Waals surface area contributed by atoms with Crippen LogP contribution in [0.5, 0.6) is 5.75 Å². The number of carbonyl (C=O) groups excluding carboxylic acids is 1. The van der Waals surface area contributed by atoms with Crippen molar-refractivity contribution in [1.82, 2.24) is 10.9 Å². The maximum atomic E-state index is 13.6. The zero-order chi connectivity index (χ0) is 28.6. The lowest BCUT2D eigenvalue weighted by atomic mass is 9.90. The average Bonchev–Trinajstić information content (AvgIpc) is 3.31. The van der Waals surface area contributed by atoms with Gasteiger partial charge in [0.05, 0.1) is 17.3 Å². The van der Waals surface area contributed by atoms with Gasteiger partial charge in [0.15, 0.2) is 15.4 Å². The summed E-state index contributed by atoms with van der Waals surface area (Å²) >= 11 is 5.95. The van der Waals surface area contributed by atoms with E-state index in [0.29, 0.717) is 35.9 Å². The van der Waals surface area contributed by atoms with Crippen molar-refractivity contribution >= 4 is 33.2 Å². The van der Waals surface area contributed by atoms with Crippen LogP contribution in [0.25, 0.3) is 0 Å². The van der Waals surface area contributed by atoms with Gasteiger partial charge < -0.3 is 14.6 Å². The van der Waals surface area contributed by atoms with E-state index in [4.69, 9.17) is 31.2 Å². The van der Waals surface area contributed by atoms with Gasteiger partial charge in [-0.3, -0.25) is 10.2 Å². The van der Waals surface area contributed by atoms with Crippen LogP contribution in [0.2, 0.25) is 5.02 Å². The number of benzene rings is 3. The number of sulfone groups is 1. The molecule has 2 atom stereocenters. The monoisotopic (exact) mass is 585 g/mol. The second kappa shape index (κ2) is 13.3. The highest BCUT2D eigenvalue weighted by Crippen LogP contribution is 2.33. The van der Waals surface area contributed by atoms with E-state index in [1.807, 2.05) is 12.1 Å². The summed E-state index contributed by atoms with van der Waals surface area (Å²) in [5, 5.41) is 9.55. The van der Waals surface area contributed by atoms with E-state index >= 15 is 0 Å². The summed E-state index contributed by atoms with van der Waals surface area (Å²) in [4.78, 5) is 18.5. The van der Waals surface area contributed by atoms with Crippen LogP contribution in [0.1, 0.15) is 30.9 Å². The summed E-state index contributed by atoms with van der Waals surface area (Å²) in [5.74, 6) is 0.0488. The smallest absolute Gasteiger partial charge is 0.266 e. The number of carbonyl (C=O) groups is 1. The van der Waals surface area contributed by atoms with Gasteiger partial charge in [0, 0.05) is 30.2 Å². The minimum atomic E-state index is -3.68. The Hall–Kier alpha value is -3.44. The third-order valence-corrected chi connectivity index (χ3v) is 8.57. The summed E-state index contributed by atoms with van der Waals surface area (Å²) < 4.78 is 37.8. The molecule has 11 heteroatoms. The summed E-state index contributed by atoms with van der Waals surface area (Å²) in [6, 6.07) is 22.3. The molecule has 0 saturated heterocycles. The van der Waals surface area contributed by atoms with Crippen molar-refractivity contribution in [2.75, 3.05) is 19.0 Å².